The number of carbonyl (C=O) groups is 1. The zero-order valence-corrected chi connectivity index (χ0v) is 10.8. The van der Waals surface area contributed by atoms with Crippen LogP contribution in [0.3, 0.4) is 0 Å². The molecule has 0 aromatic rings. The van der Waals surface area contributed by atoms with Crippen LogP contribution < -0.4 is 0 Å². The summed E-state index contributed by atoms with van der Waals surface area (Å²) in [6, 6.07) is 0. The van der Waals surface area contributed by atoms with E-state index in [1.165, 1.54) is 44.9 Å². The fourth-order valence-corrected chi connectivity index (χ4v) is 3.51. The van der Waals surface area contributed by atoms with Gasteiger partial charge in [0.05, 0.1) is 0 Å². The Labute approximate surface area is 97.7 Å². The smallest absolute Gasteiger partial charge is 0.214 e. The zero-order valence-electron chi connectivity index (χ0n) is 9.97. The predicted molar refractivity (Wildman–Crippen MR) is 68.1 cm³/mol. The van der Waals surface area contributed by atoms with Gasteiger partial charge in [0.25, 0.3) is 0 Å². The Hall–Kier alpha value is -0.240. The van der Waals surface area contributed by atoms with Crippen LogP contribution in [0.25, 0.3) is 0 Å². The van der Waals surface area contributed by atoms with E-state index >= 15 is 0 Å². The van der Waals surface area contributed by atoms with Crippen LogP contribution in [0.5, 0.6) is 0 Å². The normalized spacial score (nSPS) is 19.1. The van der Waals surface area contributed by atoms with Crippen molar-refractivity contribution in [2.45, 2.75) is 63.5 Å². The topological polar surface area (TPSA) is 17.1 Å². The lowest BCUT2D eigenvalue weighted by molar-refractivity contribution is -0.107. The van der Waals surface area contributed by atoms with Gasteiger partial charge in [-0.25, -0.2) is 0 Å². The molecule has 1 rings (SSSR count). The van der Waals surface area contributed by atoms with E-state index in [-0.39, 0.29) is 9.86 Å². The number of thioether (sulfide) groups is 1. The lowest BCUT2D eigenvalue weighted by Gasteiger charge is -2.27. The van der Waals surface area contributed by atoms with Crippen molar-refractivity contribution in [2.24, 2.45) is 0 Å². The maximum atomic E-state index is 11.7. The second kappa shape index (κ2) is 5.74. The Balaban J connectivity index is 2.56. The third kappa shape index (κ3) is 3.67. The van der Waals surface area contributed by atoms with E-state index in [1.54, 1.807) is 11.8 Å². The van der Waals surface area contributed by atoms with E-state index < -0.39 is 0 Å². The summed E-state index contributed by atoms with van der Waals surface area (Å²) in [5, 5.41) is 0.202. The summed E-state index contributed by atoms with van der Waals surface area (Å²) in [6.07, 6.45) is 8.70. The average Bonchev–Trinajstić information content (AvgIpc) is 2.64. The van der Waals surface area contributed by atoms with E-state index in [9.17, 15) is 4.79 Å². The molecule has 1 saturated carbocycles. The van der Waals surface area contributed by atoms with Crippen LogP contribution in [0.1, 0.15) is 58.8 Å². The number of unbranched alkanes of at least 4 members (excludes halogenated alkanes) is 1. The maximum Gasteiger partial charge on any atom is 0.214 e. The molecule has 0 aromatic heterocycles. The van der Waals surface area contributed by atoms with Crippen molar-refractivity contribution in [3.8, 4) is 0 Å². The number of carbonyl (C=O) groups excluding carboxylic acids is 1. The van der Waals surface area contributed by atoms with Gasteiger partial charge in [-0.2, -0.15) is 0 Å². The lowest BCUT2D eigenvalue weighted by atomic mass is 10.00. The first-order valence-electron chi connectivity index (χ1n) is 5.98. The van der Waals surface area contributed by atoms with Gasteiger partial charge in [0, 0.05) is 4.75 Å². The molecular formula is C13H22OS. The van der Waals surface area contributed by atoms with Crippen LogP contribution in [-0.2, 0) is 4.79 Å². The highest BCUT2D eigenvalue weighted by atomic mass is 32.2. The molecule has 1 aliphatic carbocycles. The van der Waals surface area contributed by atoms with Gasteiger partial charge in [-0.05, 0) is 31.8 Å². The van der Waals surface area contributed by atoms with Crippen LogP contribution in [0.15, 0.2) is 12.2 Å². The summed E-state index contributed by atoms with van der Waals surface area (Å²) in [7, 11) is 0. The van der Waals surface area contributed by atoms with Crippen molar-refractivity contribution < 1.29 is 4.79 Å². The van der Waals surface area contributed by atoms with Crippen molar-refractivity contribution in [3.63, 3.8) is 0 Å². The lowest BCUT2D eigenvalue weighted by Crippen LogP contribution is -2.22. The minimum absolute atomic E-state index is 0.202. The Morgan fingerprint density at radius 3 is 2.47 bits per heavy atom. The zero-order chi connectivity index (χ0) is 11.3. The monoisotopic (exact) mass is 226 g/mol. The Morgan fingerprint density at radius 2 is 2.00 bits per heavy atom. The van der Waals surface area contributed by atoms with Crippen molar-refractivity contribution >= 4 is 16.9 Å². The number of hydrogen-bond donors (Lipinski definition) is 0. The molecule has 0 N–H and O–H groups in total. The molecule has 0 bridgehead atoms. The highest BCUT2D eigenvalue weighted by Gasteiger charge is 2.36. The van der Waals surface area contributed by atoms with Crippen molar-refractivity contribution in [3.05, 3.63) is 12.2 Å². The van der Waals surface area contributed by atoms with Gasteiger partial charge >= 0.3 is 0 Å². The molecule has 0 spiro atoms. The molecule has 1 fully saturated rings. The molecule has 2 heteroatoms. The summed E-state index contributed by atoms with van der Waals surface area (Å²) < 4.78 is 0.256. The number of rotatable bonds is 5. The summed E-state index contributed by atoms with van der Waals surface area (Å²) >= 11 is 1.56. The van der Waals surface area contributed by atoms with E-state index in [4.69, 9.17) is 0 Å². The molecule has 0 saturated heterocycles. The third-order valence-corrected chi connectivity index (χ3v) is 4.74. The largest absolute Gasteiger partial charge is 0.282 e. The van der Waals surface area contributed by atoms with Crippen LogP contribution in [0, 0.1) is 0 Å². The first-order chi connectivity index (χ1) is 7.09. The summed E-state index contributed by atoms with van der Waals surface area (Å²) in [5.41, 5.74) is 0.697. The van der Waals surface area contributed by atoms with E-state index in [0.717, 1.165) is 0 Å². The molecule has 1 aliphatic rings. The standard InChI is InChI=1S/C13H22OS/c1-4-5-8-13(9-6-7-10-13)15-12(14)11(2)3/h2,4-10H2,1,3H3. The molecule has 1 nitrogen and oxygen atoms in total. The molecule has 0 atom stereocenters. The molecule has 0 heterocycles. The molecule has 0 aliphatic heterocycles. The number of hydrogen-bond acceptors (Lipinski definition) is 2. The Bertz CT molecular complexity index is 239. The van der Waals surface area contributed by atoms with Gasteiger partial charge in [-0.1, -0.05) is 50.9 Å². The minimum Gasteiger partial charge on any atom is -0.282 e. The van der Waals surface area contributed by atoms with E-state index in [0.29, 0.717) is 5.57 Å². The first-order valence-corrected chi connectivity index (χ1v) is 6.80. The maximum absolute atomic E-state index is 11.7. The molecule has 0 unspecified atom stereocenters. The van der Waals surface area contributed by atoms with Gasteiger partial charge in [-0.3, -0.25) is 4.79 Å². The second-order valence-corrected chi connectivity index (χ2v) is 6.10. The highest BCUT2D eigenvalue weighted by molar-refractivity contribution is 8.15. The highest BCUT2D eigenvalue weighted by Crippen LogP contribution is 2.46. The third-order valence-electron chi connectivity index (χ3n) is 3.16. The molecule has 0 radical (unpaired) electrons. The fraction of sp³-hybridized carbons (Fsp3) is 0.769. The summed E-state index contributed by atoms with van der Waals surface area (Å²) in [4.78, 5) is 11.7. The van der Waals surface area contributed by atoms with Crippen LogP contribution in [-0.4, -0.2) is 9.86 Å². The Morgan fingerprint density at radius 1 is 1.40 bits per heavy atom. The van der Waals surface area contributed by atoms with Crippen LogP contribution in [0.2, 0.25) is 0 Å². The van der Waals surface area contributed by atoms with Crippen molar-refractivity contribution in [2.75, 3.05) is 0 Å². The quantitative estimate of drug-likeness (QED) is 0.649. The fourth-order valence-electron chi connectivity index (χ4n) is 2.21. The first kappa shape index (κ1) is 12.8. The minimum atomic E-state index is 0.202. The molecular weight excluding hydrogens is 204 g/mol. The molecule has 15 heavy (non-hydrogen) atoms. The Kier molecular flexibility index (Phi) is 4.91. The average molecular weight is 226 g/mol. The van der Waals surface area contributed by atoms with Gasteiger partial charge in [0.15, 0.2) is 0 Å². The van der Waals surface area contributed by atoms with Gasteiger partial charge in [0.1, 0.15) is 0 Å². The van der Waals surface area contributed by atoms with Crippen LogP contribution >= 0.6 is 11.8 Å². The predicted octanol–water partition coefficient (Wildman–Crippen LogP) is 4.33. The van der Waals surface area contributed by atoms with Gasteiger partial charge in [-0.15, -0.1) is 0 Å². The van der Waals surface area contributed by atoms with Gasteiger partial charge < -0.3 is 0 Å². The van der Waals surface area contributed by atoms with Crippen LogP contribution in [0.4, 0.5) is 0 Å². The summed E-state index contributed by atoms with van der Waals surface area (Å²) in [5.74, 6) is 0. The molecule has 86 valence electrons. The SMILES string of the molecule is C=C(C)C(=O)SC1(CCCC)CCCC1. The van der Waals surface area contributed by atoms with E-state index in [2.05, 4.69) is 13.5 Å². The van der Waals surface area contributed by atoms with Crippen molar-refractivity contribution in [1.29, 1.82) is 0 Å². The van der Waals surface area contributed by atoms with Crippen molar-refractivity contribution in [1.82, 2.24) is 0 Å². The molecule has 0 aromatic carbocycles. The molecule has 0 amide bonds. The summed E-state index contributed by atoms with van der Waals surface area (Å²) in [6.45, 7) is 7.77. The van der Waals surface area contributed by atoms with Gasteiger partial charge in [0.2, 0.25) is 5.12 Å². The van der Waals surface area contributed by atoms with E-state index in [1.807, 2.05) is 6.92 Å². The second-order valence-electron chi connectivity index (χ2n) is 4.66.